The average Bonchev–Trinajstić information content (AvgIpc) is 2.72. The predicted octanol–water partition coefficient (Wildman–Crippen LogP) is 1.37. The molecule has 3 rings (SSSR count). The van der Waals surface area contributed by atoms with Crippen LogP contribution in [0, 0.1) is 0 Å². The minimum absolute atomic E-state index is 0.120. The number of aliphatic hydroxyl groups excluding tert-OH is 2. The summed E-state index contributed by atoms with van der Waals surface area (Å²) in [4.78, 5) is 11.4. The van der Waals surface area contributed by atoms with E-state index in [0.717, 1.165) is 11.1 Å². The highest BCUT2D eigenvalue weighted by molar-refractivity contribution is 5.73. The van der Waals surface area contributed by atoms with Crippen LogP contribution in [0.4, 0.5) is 0 Å². The summed E-state index contributed by atoms with van der Waals surface area (Å²) in [7, 11) is 0. The molecule has 1 amide bonds. The van der Waals surface area contributed by atoms with Crippen LogP contribution in [0.5, 0.6) is 0 Å². The Hall–Kier alpha value is -2.29. The lowest BCUT2D eigenvalue weighted by Crippen LogP contribution is -2.64. The standard InChI is InChI=1S/C22H27NO6/c1-15(24)23-19-20(25)21(28-13-17-10-6-3-7-11-17)18(29-22(19)26)14-27-12-16-8-4-2-5-9-16/h2-11,18-22,25-26H,12-14H2,1H3,(H,23,24). The first kappa shape index (κ1) is 21.4. The lowest BCUT2D eigenvalue weighted by Gasteiger charge is -2.42. The molecule has 7 heteroatoms. The van der Waals surface area contributed by atoms with Crippen molar-refractivity contribution in [3.05, 3.63) is 71.8 Å². The van der Waals surface area contributed by atoms with Gasteiger partial charge in [-0.3, -0.25) is 4.79 Å². The molecule has 7 nitrogen and oxygen atoms in total. The SMILES string of the molecule is CC(=O)NC1C(O)OC(COCc2ccccc2)C(OCc2ccccc2)C1O. The highest BCUT2D eigenvalue weighted by Gasteiger charge is 2.45. The van der Waals surface area contributed by atoms with Crippen molar-refractivity contribution in [1.29, 1.82) is 0 Å². The summed E-state index contributed by atoms with van der Waals surface area (Å²) in [6, 6.07) is 18.2. The van der Waals surface area contributed by atoms with Crippen molar-refractivity contribution in [1.82, 2.24) is 5.32 Å². The highest BCUT2D eigenvalue weighted by Crippen LogP contribution is 2.24. The summed E-state index contributed by atoms with van der Waals surface area (Å²) < 4.78 is 17.3. The van der Waals surface area contributed by atoms with Gasteiger partial charge in [-0.1, -0.05) is 60.7 Å². The van der Waals surface area contributed by atoms with Crippen molar-refractivity contribution in [2.45, 2.75) is 50.8 Å². The van der Waals surface area contributed by atoms with E-state index in [0.29, 0.717) is 6.61 Å². The van der Waals surface area contributed by atoms with Gasteiger partial charge in [0, 0.05) is 6.92 Å². The molecular formula is C22H27NO6. The van der Waals surface area contributed by atoms with Crippen LogP contribution in [0.1, 0.15) is 18.1 Å². The summed E-state index contributed by atoms with van der Waals surface area (Å²) in [5.74, 6) is -0.378. The Morgan fingerprint density at radius 3 is 2.17 bits per heavy atom. The third-order valence-electron chi connectivity index (χ3n) is 4.74. The zero-order valence-electron chi connectivity index (χ0n) is 16.3. The fourth-order valence-corrected chi connectivity index (χ4v) is 3.30. The Labute approximate surface area is 170 Å². The summed E-state index contributed by atoms with van der Waals surface area (Å²) in [5, 5.41) is 23.6. The van der Waals surface area contributed by atoms with Gasteiger partial charge in [-0.05, 0) is 11.1 Å². The molecule has 0 aliphatic carbocycles. The van der Waals surface area contributed by atoms with Gasteiger partial charge in [0.2, 0.25) is 5.91 Å². The minimum atomic E-state index is -1.36. The average molecular weight is 401 g/mol. The molecule has 2 aromatic carbocycles. The van der Waals surface area contributed by atoms with Gasteiger partial charge in [0.25, 0.3) is 0 Å². The van der Waals surface area contributed by atoms with E-state index in [1.165, 1.54) is 6.92 Å². The van der Waals surface area contributed by atoms with Crippen molar-refractivity contribution in [3.8, 4) is 0 Å². The monoisotopic (exact) mass is 401 g/mol. The lowest BCUT2D eigenvalue weighted by molar-refractivity contribution is -0.268. The zero-order chi connectivity index (χ0) is 20.6. The molecule has 0 aromatic heterocycles. The predicted molar refractivity (Wildman–Crippen MR) is 106 cm³/mol. The molecule has 0 spiro atoms. The molecule has 3 N–H and O–H groups in total. The number of carbonyl (C=O) groups is 1. The third-order valence-corrected chi connectivity index (χ3v) is 4.74. The van der Waals surface area contributed by atoms with Gasteiger partial charge >= 0.3 is 0 Å². The second-order valence-corrected chi connectivity index (χ2v) is 7.04. The van der Waals surface area contributed by atoms with Crippen molar-refractivity contribution in [3.63, 3.8) is 0 Å². The van der Waals surface area contributed by atoms with Crippen molar-refractivity contribution < 1.29 is 29.2 Å². The van der Waals surface area contributed by atoms with Crippen LogP contribution < -0.4 is 5.32 Å². The van der Waals surface area contributed by atoms with Gasteiger partial charge in [-0.2, -0.15) is 0 Å². The summed E-state index contributed by atoms with van der Waals surface area (Å²) in [5.41, 5.74) is 1.94. The van der Waals surface area contributed by atoms with Crippen LogP contribution in [0.3, 0.4) is 0 Å². The molecule has 1 heterocycles. The summed E-state index contributed by atoms with van der Waals surface area (Å²) >= 11 is 0. The van der Waals surface area contributed by atoms with E-state index >= 15 is 0 Å². The van der Waals surface area contributed by atoms with Crippen LogP contribution in [-0.4, -0.2) is 53.4 Å². The van der Waals surface area contributed by atoms with E-state index in [4.69, 9.17) is 14.2 Å². The van der Waals surface area contributed by atoms with Gasteiger partial charge in [0.15, 0.2) is 6.29 Å². The third kappa shape index (κ3) is 6.09. The molecule has 1 fully saturated rings. The Kier molecular flexibility index (Phi) is 7.74. The number of carbonyl (C=O) groups excluding carboxylic acids is 1. The van der Waals surface area contributed by atoms with Gasteiger partial charge in [-0.25, -0.2) is 0 Å². The van der Waals surface area contributed by atoms with Gasteiger partial charge < -0.3 is 29.7 Å². The van der Waals surface area contributed by atoms with Gasteiger partial charge in [-0.15, -0.1) is 0 Å². The fourth-order valence-electron chi connectivity index (χ4n) is 3.30. The molecule has 5 atom stereocenters. The molecule has 0 bridgehead atoms. The number of benzene rings is 2. The Morgan fingerprint density at radius 2 is 1.59 bits per heavy atom. The Balaban J connectivity index is 1.66. The smallest absolute Gasteiger partial charge is 0.217 e. The second-order valence-electron chi connectivity index (χ2n) is 7.04. The van der Waals surface area contributed by atoms with E-state index in [-0.39, 0.29) is 19.1 Å². The molecular weight excluding hydrogens is 374 g/mol. The van der Waals surface area contributed by atoms with Crippen LogP contribution in [0.15, 0.2) is 60.7 Å². The molecule has 2 aromatic rings. The van der Waals surface area contributed by atoms with Crippen LogP contribution in [0.25, 0.3) is 0 Å². The lowest BCUT2D eigenvalue weighted by atomic mass is 9.96. The maximum Gasteiger partial charge on any atom is 0.217 e. The number of ether oxygens (including phenoxy) is 3. The number of aliphatic hydroxyl groups is 2. The number of rotatable bonds is 8. The first-order chi connectivity index (χ1) is 14.0. The topological polar surface area (TPSA) is 97.3 Å². The maximum atomic E-state index is 11.4. The van der Waals surface area contributed by atoms with E-state index in [1.54, 1.807) is 0 Å². The van der Waals surface area contributed by atoms with Crippen molar-refractivity contribution in [2.24, 2.45) is 0 Å². The van der Waals surface area contributed by atoms with Crippen molar-refractivity contribution in [2.75, 3.05) is 6.61 Å². The second kappa shape index (κ2) is 10.5. The normalized spacial score (nSPS) is 26.8. The first-order valence-corrected chi connectivity index (χ1v) is 9.60. The van der Waals surface area contributed by atoms with Crippen LogP contribution in [-0.2, 0) is 32.2 Å². The number of nitrogens with one attached hydrogen (secondary N) is 1. The number of hydrogen-bond donors (Lipinski definition) is 3. The Morgan fingerprint density at radius 1 is 1.00 bits per heavy atom. The van der Waals surface area contributed by atoms with Gasteiger partial charge in [0.05, 0.1) is 19.8 Å². The maximum absolute atomic E-state index is 11.4. The number of amides is 1. The van der Waals surface area contributed by atoms with Crippen molar-refractivity contribution >= 4 is 5.91 Å². The van der Waals surface area contributed by atoms with Crippen LogP contribution in [0.2, 0.25) is 0 Å². The first-order valence-electron chi connectivity index (χ1n) is 9.60. The number of hydrogen-bond acceptors (Lipinski definition) is 6. The fraction of sp³-hybridized carbons (Fsp3) is 0.409. The minimum Gasteiger partial charge on any atom is -0.388 e. The molecule has 5 unspecified atom stereocenters. The quantitative estimate of drug-likeness (QED) is 0.618. The summed E-state index contributed by atoms with van der Waals surface area (Å²) in [6.07, 6.45) is -4.00. The molecule has 0 radical (unpaired) electrons. The molecule has 29 heavy (non-hydrogen) atoms. The molecule has 1 saturated heterocycles. The summed E-state index contributed by atoms with van der Waals surface area (Å²) in [6.45, 7) is 2.06. The zero-order valence-corrected chi connectivity index (χ0v) is 16.3. The molecule has 1 aliphatic rings. The van der Waals surface area contributed by atoms with Crippen LogP contribution >= 0.6 is 0 Å². The highest BCUT2D eigenvalue weighted by atomic mass is 16.6. The van der Waals surface area contributed by atoms with E-state index in [9.17, 15) is 15.0 Å². The van der Waals surface area contributed by atoms with E-state index in [1.807, 2.05) is 60.7 Å². The molecule has 1 aliphatic heterocycles. The van der Waals surface area contributed by atoms with Gasteiger partial charge in [0.1, 0.15) is 24.4 Å². The van der Waals surface area contributed by atoms with E-state index in [2.05, 4.69) is 5.32 Å². The van der Waals surface area contributed by atoms with E-state index < -0.39 is 30.6 Å². The Bertz CT molecular complexity index is 756. The molecule has 156 valence electrons. The largest absolute Gasteiger partial charge is 0.388 e. The molecule has 0 saturated carbocycles.